The number of hydrogen-bond acceptors (Lipinski definition) is 2. The number of para-hydroxylation sites is 4. The van der Waals surface area contributed by atoms with Gasteiger partial charge in [-0.2, -0.15) is 24.3 Å². The van der Waals surface area contributed by atoms with Crippen molar-refractivity contribution in [2.24, 2.45) is 0 Å². The fourth-order valence-electron chi connectivity index (χ4n) is 6.55. The molecule has 0 atom stereocenters. The Morgan fingerprint density at radius 1 is 0.468 bits per heavy atom. The minimum atomic E-state index is 0. The third-order valence-electron chi connectivity index (χ3n) is 8.60. The molecular formula is C42H26N4Pt. The molecule has 4 nitrogen and oxygen atoms in total. The number of benzene rings is 6. The Bertz CT molecular complexity index is 2480. The molecule has 0 bridgehead atoms. The summed E-state index contributed by atoms with van der Waals surface area (Å²) in [5, 5.41) is 2.31. The van der Waals surface area contributed by atoms with Crippen LogP contribution < -0.4 is 0 Å². The first kappa shape index (κ1) is 28.9. The Morgan fingerprint density at radius 2 is 1.17 bits per heavy atom. The molecule has 0 saturated carbocycles. The van der Waals surface area contributed by atoms with Crippen LogP contribution in [0.25, 0.3) is 78.1 Å². The van der Waals surface area contributed by atoms with Crippen LogP contribution in [0, 0.1) is 12.1 Å². The van der Waals surface area contributed by atoms with Crippen molar-refractivity contribution >= 4 is 32.8 Å². The van der Waals surface area contributed by atoms with Crippen molar-refractivity contribution in [3.63, 3.8) is 0 Å². The molecular weight excluding hydrogens is 756 g/mol. The largest absolute Gasteiger partial charge is 2.00 e. The average molecular weight is 782 g/mol. The van der Waals surface area contributed by atoms with Crippen LogP contribution in [0.2, 0.25) is 0 Å². The van der Waals surface area contributed by atoms with E-state index in [0.29, 0.717) is 0 Å². The summed E-state index contributed by atoms with van der Waals surface area (Å²) in [5.41, 5.74) is 10.9. The zero-order chi connectivity index (χ0) is 30.5. The minimum absolute atomic E-state index is 0. The molecule has 0 unspecified atom stereocenters. The minimum Gasteiger partial charge on any atom is -0.304 e. The summed E-state index contributed by atoms with van der Waals surface area (Å²) in [6.07, 6.45) is 0. The summed E-state index contributed by atoms with van der Waals surface area (Å²) >= 11 is 0. The summed E-state index contributed by atoms with van der Waals surface area (Å²) in [7, 11) is 0. The van der Waals surface area contributed by atoms with Gasteiger partial charge in [0.1, 0.15) is 5.52 Å². The van der Waals surface area contributed by atoms with Gasteiger partial charge >= 0.3 is 21.1 Å². The third kappa shape index (κ3) is 4.81. The van der Waals surface area contributed by atoms with Crippen LogP contribution in [0.3, 0.4) is 0 Å². The maximum absolute atomic E-state index is 5.50. The van der Waals surface area contributed by atoms with E-state index in [0.717, 1.165) is 78.1 Å². The van der Waals surface area contributed by atoms with Crippen molar-refractivity contribution < 1.29 is 21.1 Å². The van der Waals surface area contributed by atoms with Crippen LogP contribution in [-0.2, 0) is 21.1 Å². The van der Waals surface area contributed by atoms with E-state index in [2.05, 4.69) is 137 Å². The molecule has 6 aromatic carbocycles. The molecule has 0 fully saturated rings. The van der Waals surface area contributed by atoms with Crippen molar-refractivity contribution in [2.45, 2.75) is 0 Å². The van der Waals surface area contributed by atoms with E-state index in [9.17, 15) is 0 Å². The zero-order valence-electron chi connectivity index (χ0n) is 25.1. The molecule has 47 heavy (non-hydrogen) atoms. The second-order valence-corrected chi connectivity index (χ2v) is 11.3. The van der Waals surface area contributed by atoms with Gasteiger partial charge in [0.25, 0.3) is 0 Å². The quantitative estimate of drug-likeness (QED) is 0.163. The van der Waals surface area contributed by atoms with Crippen molar-refractivity contribution in [1.29, 1.82) is 0 Å². The molecule has 0 saturated heterocycles. The van der Waals surface area contributed by atoms with Gasteiger partial charge in [-0.25, -0.2) is 4.98 Å². The molecule has 0 amide bonds. The van der Waals surface area contributed by atoms with E-state index >= 15 is 0 Å². The summed E-state index contributed by atoms with van der Waals surface area (Å²) in [6.45, 7) is 0. The standard InChI is InChI=1S/C42H26N4.Pt/c1-3-15-29(16-4-1)31-19-7-10-25-37(31)46-40-28-13-22-34(36-24-14-23-35(43-36)30-17-5-2-6-18-30)41(40)44-42(46)45-38-26-11-8-20-32(38)33-21-9-12-27-39(33)45;/h1-17,19-26,28H;/q-2;+2. The second-order valence-electron chi connectivity index (χ2n) is 11.3. The molecule has 0 spiro atoms. The van der Waals surface area contributed by atoms with Crippen LogP contribution in [-0.4, -0.2) is 19.1 Å². The zero-order valence-corrected chi connectivity index (χ0v) is 27.4. The fourth-order valence-corrected chi connectivity index (χ4v) is 6.55. The normalized spacial score (nSPS) is 11.2. The number of fused-ring (bicyclic) bond motifs is 4. The molecule has 0 aliphatic carbocycles. The predicted molar refractivity (Wildman–Crippen MR) is 187 cm³/mol. The van der Waals surface area contributed by atoms with E-state index in [1.54, 1.807) is 0 Å². The second kappa shape index (κ2) is 12.0. The number of imidazole rings is 1. The molecule has 0 radical (unpaired) electrons. The van der Waals surface area contributed by atoms with Crippen molar-refractivity contribution in [3.05, 3.63) is 170 Å². The van der Waals surface area contributed by atoms with Gasteiger partial charge in [0.05, 0.1) is 16.9 Å². The van der Waals surface area contributed by atoms with Crippen molar-refractivity contribution in [1.82, 2.24) is 19.1 Å². The Labute approximate surface area is 286 Å². The first-order chi connectivity index (χ1) is 22.8. The Hall–Kier alpha value is -5.57. The summed E-state index contributed by atoms with van der Waals surface area (Å²) in [4.78, 5) is 10.6. The summed E-state index contributed by atoms with van der Waals surface area (Å²) < 4.78 is 4.54. The molecule has 0 N–H and O–H groups in total. The first-order valence-electron chi connectivity index (χ1n) is 15.4. The van der Waals surface area contributed by atoms with Gasteiger partial charge in [-0.1, -0.05) is 96.5 Å². The average Bonchev–Trinajstić information content (AvgIpc) is 3.68. The van der Waals surface area contributed by atoms with E-state index < -0.39 is 0 Å². The van der Waals surface area contributed by atoms with Gasteiger partial charge in [0, 0.05) is 16.6 Å². The third-order valence-corrected chi connectivity index (χ3v) is 8.60. The molecule has 224 valence electrons. The number of aromatic nitrogens is 4. The molecule has 3 heterocycles. The van der Waals surface area contributed by atoms with Crippen molar-refractivity contribution in [2.75, 3.05) is 0 Å². The van der Waals surface area contributed by atoms with Crippen LogP contribution in [0.4, 0.5) is 0 Å². The molecule has 3 aromatic heterocycles. The molecule has 0 aliphatic heterocycles. The molecule has 5 heteroatoms. The molecule has 0 aliphatic rings. The maximum Gasteiger partial charge on any atom is 2.00 e. The Balaban J connectivity index is 0.00000324. The van der Waals surface area contributed by atoms with Gasteiger partial charge in [-0.3, -0.25) is 9.55 Å². The topological polar surface area (TPSA) is 35.6 Å². The van der Waals surface area contributed by atoms with Gasteiger partial charge in [0.15, 0.2) is 0 Å². The molecule has 9 aromatic rings. The SMILES string of the molecule is [Pt+2].[c-]1ccccc1-c1cccc(-c2cccc3c2nc(-n2c4[c-]cccc4c4ccccc42)n3-c2ccccc2-c2ccccc2)n1. The predicted octanol–water partition coefficient (Wildman–Crippen LogP) is 10.1. The Morgan fingerprint density at radius 3 is 2.06 bits per heavy atom. The smallest absolute Gasteiger partial charge is 0.304 e. The summed E-state index contributed by atoms with van der Waals surface area (Å²) in [6, 6.07) is 61.2. The number of nitrogens with zero attached hydrogens (tertiary/aromatic N) is 4. The maximum atomic E-state index is 5.50. The monoisotopic (exact) mass is 781 g/mol. The summed E-state index contributed by atoms with van der Waals surface area (Å²) in [5.74, 6) is 0.798. The Kier molecular flexibility index (Phi) is 7.36. The number of pyridine rings is 1. The number of rotatable bonds is 5. The van der Waals surface area contributed by atoms with E-state index in [1.807, 2.05) is 42.5 Å². The van der Waals surface area contributed by atoms with Crippen LogP contribution in [0.15, 0.2) is 158 Å². The van der Waals surface area contributed by atoms with E-state index in [1.165, 1.54) is 0 Å². The first-order valence-corrected chi connectivity index (χ1v) is 15.4. The van der Waals surface area contributed by atoms with Gasteiger partial charge < -0.3 is 4.57 Å². The van der Waals surface area contributed by atoms with Crippen LogP contribution in [0.5, 0.6) is 0 Å². The van der Waals surface area contributed by atoms with E-state index in [4.69, 9.17) is 9.97 Å². The van der Waals surface area contributed by atoms with Crippen molar-refractivity contribution in [3.8, 4) is 45.3 Å². The van der Waals surface area contributed by atoms with Gasteiger partial charge in [-0.15, -0.1) is 41.3 Å². The van der Waals surface area contributed by atoms with Crippen LogP contribution in [0.1, 0.15) is 0 Å². The number of hydrogen-bond donors (Lipinski definition) is 0. The van der Waals surface area contributed by atoms with Gasteiger partial charge in [0.2, 0.25) is 5.95 Å². The van der Waals surface area contributed by atoms with Gasteiger partial charge in [-0.05, 0) is 40.9 Å². The molecule has 9 rings (SSSR count). The van der Waals surface area contributed by atoms with E-state index in [-0.39, 0.29) is 21.1 Å². The fraction of sp³-hybridized carbons (Fsp3) is 0. The van der Waals surface area contributed by atoms with Crippen LogP contribution >= 0.6 is 0 Å².